The molecule has 102 valence electrons. The van der Waals surface area contributed by atoms with Crippen molar-refractivity contribution in [2.75, 3.05) is 19.2 Å². The highest BCUT2D eigenvalue weighted by atomic mass is 16.7. The number of carbonyl (C=O) groups is 1. The molecule has 5 heteroatoms. The SMILES string of the molecule is CC(C1CC1)N(C)C(=O)Nc1ccc2c(c1)OCO2. The summed E-state index contributed by atoms with van der Waals surface area (Å²) in [6.07, 6.45) is 2.45. The van der Waals surface area contributed by atoms with Gasteiger partial charge in [0.05, 0.1) is 0 Å². The fourth-order valence-corrected chi connectivity index (χ4v) is 2.27. The van der Waals surface area contributed by atoms with Crippen molar-refractivity contribution in [1.82, 2.24) is 4.90 Å². The largest absolute Gasteiger partial charge is 0.454 e. The van der Waals surface area contributed by atoms with Crippen LogP contribution in [0, 0.1) is 5.92 Å². The van der Waals surface area contributed by atoms with E-state index in [1.165, 1.54) is 12.8 Å². The Morgan fingerprint density at radius 3 is 2.84 bits per heavy atom. The van der Waals surface area contributed by atoms with E-state index in [1.807, 2.05) is 19.2 Å². The zero-order valence-corrected chi connectivity index (χ0v) is 11.2. The number of benzene rings is 1. The van der Waals surface area contributed by atoms with Crippen molar-refractivity contribution < 1.29 is 14.3 Å². The molecule has 0 bridgehead atoms. The number of carbonyl (C=O) groups excluding carboxylic acids is 1. The third kappa shape index (κ3) is 2.45. The second-order valence-corrected chi connectivity index (χ2v) is 5.19. The molecular formula is C14H18N2O3. The number of fused-ring (bicyclic) bond motifs is 1. The lowest BCUT2D eigenvalue weighted by atomic mass is 10.2. The normalized spacial score (nSPS) is 18.0. The number of nitrogens with zero attached hydrogens (tertiary/aromatic N) is 1. The van der Waals surface area contributed by atoms with Crippen LogP contribution in [0.5, 0.6) is 11.5 Å². The molecule has 2 amide bonds. The lowest BCUT2D eigenvalue weighted by molar-refractivity contribution is 0.174. The average Bonchev–Trinajstić information content (AvgIpc) is 3.15. The van der Waals surface area contributed by atoms with Gasteiger partial charge in [0.25, 0.3) is 0 Å². The highest BCUT2D eigenvalue weighted by molar-refractivity contribution is 5.89. The van der Waals surface area contributed by atoms with Crippen molar-refractivity contribution in [3.8, 4) is 11.5 Å². The molecule has 2 aliphatic rings. The first-order chi connectivity index (χ1) is 9.15. The molecule has 5 nitrogen and oxygen atoms in total. The quantitative estimate of drug-likeness (QED) is 0.911. The van der Waals surface area contributed by atoms with Crippen molar-refractivity contribution >= 4 is 11.7 Å². The summed E-state index contributed by atoms with van der Waals surface area (Å²) in [6, 6.07) is 5.62. The number of nitrogens with one attached hydrogen (secondary N) is 1. The maximum Gasteiger partial charge on any atom is 0.321 e. The zero-order valence-electron chi connectivity index (χ0n) is 11.2. The fraction of sp³-hybridized carbons (Fsp3) is 0.500. The summed E-state index contributed by atoms with van der Waals surface area (Å²) < 4.78 is 10.5. The highest BCUT2D eigenvalue weighted by Crippen LogP contribution is 2.36. The van der Waals surface area contributed by atoms with Crippen molar-refractivity contribution in [2.24, 2.45) is 5.92 Å². The second-order valence-electron chi connectivity index (χ2n) is 5.19. The summed E-state index contributed by atoms with van der Waals surface area (Å²) >= 11 is 0. The minimum atomic E-state index is -0.0849. The molecule has 3 rings (SSSR count). The molecule has 0 radical (unpaired) electrons. The Morgan fingerprint density at radius 2 is 2.11 bits per heavy atom. The molecule has 1 atom stereocenters. The van der Waals surface area contributed by atoms with Gasteiger partial charge in [-0.15, -0.1) is 0 Å². The monoisotopic (exact) mass is 262 g/mol. The van der Waals surface area contributed by atoms with Crippen LogP contribution in [-0.4, -0.2) is 30.8 Å². The number of hydrogen-bond acceptors (Lipinski definition) is 3. The molecule has 1 saturated carbocycles. The van der Waals surface area contributed by atoms with Gasteiger partial charge in [-0.05, 0) is 37.8 Å². The van der Waals surface area contributed by atoms with Gasteiger partial charge in [-0.3, -0.25) is 0 Å². The van der Waals surface area contributed by atoms with Crippen molar-refractivity contribution in [3.63, 3.8) is 0 Å². The van der Waals surface area contributed by atoms with E-state index in [4.69, 9.17) is 9.47 Å². The van der Waals surface area contributed by atoms with E-state index in [2.05, 4.69) is 12.2 Å². The van der Waals surface area contributed by atoms with Crippen LogP contribution in [0.4, 0.5) is 10.5 Å². The maximum atomic E-state index is 12.1. The van der Waals surface area contributed by atoms with E-state index >= 15 is 0 Å². The van der Waals surface area contributed by atoms with Gasteiger partial charge in [-0.2, -0.15) is 0 Å². The van der Waals surface area contributed by atoms with E-state index in [-0.39, 0.29) is 18.9 Å². The Morgan fingerprint density at radius 1 is 1.37 bits per heavy atom. The van der Waals surface area contributed by atoms with Crippen LogP contribution in [0.3, 0.4) is 0 Å². The first kappa shape index (κ1) is 12.1. The van der Waals surface area contributed by atoms with Gasteiger partial charge in [0.2, 0.25) is 6.79 Å². The Bertz CT molecular complexity index is 499. The topological polar surface area (TPSA) is 50.8 Å². The van der Waals surface area contributed by atoms with Gasteiger partial charge >= 0.3 is 6.03 Å². The van der Waals surface area contributed by atoms with Crippen LogP contribution in [0.2, 0.25) is 0 Å². The summed E-state index contributed by atoms with van der Waals surface area (Å²) in [6.45, 7) is 2.34. The summed E-state index contributed by atoms with van der Waals surface area (Å²) in [5.41, 5.74) is 0.726. The number of rotatable bonds is 3. The minimum absolute atomic E-state index is 0.0849. The molecule has 0 saturated heterocycles. The number of hydrogen-bond donors (Lipinski definition) is 1. The predicted octanol–water partition coefficient (Wildman–Crippen LogP) is 2.68. The Hall–Kier alpha value is -1.91. The van der Waals surface area contributed by atoms with Crippen molar-refractivity contribution in [1.29, 1.82) is 0 Å². The van der Waals surface area contributed by atoms with Crippen molar-refractivity contribution in [2.45, 2.75) is 25.8 Å². The van der Waals surface area contributed by atoms with Crippen LogP contribution >= 0.6 is 0 Å². The molecule has 1 aromatic rings. The van der Waals surface area contributed by atoms with Gasteiger partial charge in [-0.25, -0.2) is 4.79 Å². The Balaban J connectivity index is 1.65. The summed E-state index contributed by atoms with van der Waals surface area (Å²) in [5.74, 6) is 2.06. The molecule has 1 aliphatic carbocycles. The van der Waals surface area contributed by atoms with Crippen LogP contribution in [0.15, 0.2) is 18.2 Å². The van der Waals surface area contributed by atoms with E-state index < -0.39 is 0 Å². The van der Waals surface area contributed by atoms with Crippen LogP contribution in [-0.2, 0) is 0 Å². The smallest absolute Gasteiger partial charge is 0.321 e. The maximum absolute atomic E-state index is 12.1. The molecule has 0 aromatic heterocycles. The first-order valence-electron chi connectivity index (χ1n) is 6.58. The predicted molar refractivity (Wildman–Crippen MR) is 71.5 cm³/mol. The van der Waals surface area contributed by atoms with Crippen LogP contribution in [0.25, 0.3) is 0 Å². The minimum Gasteiger partial charge on any atom is -0.454 e. The van der Waals surface area contributed by atoms with E-state index in [0.717, 1.165) is 11.4 Å². The number of amides is 2. The highest BCUT2D eigenvalue weighted by Gasteiger charge is 2.32. The van der Waals surface area contributed by atoms with Crippen LogP contribution < -0.4 is 14.8 Å². The summed E-state index contributed by atoms with van der Waals surface area (Å²) in [5, 5.41) is 2.89. The summed E-state index contributed by atoms with van der Waals surface area (Å²) in [7, 11) is 1.84. The average molecular weight is 262 g/mol. The third-order valence-electron chi connectivity index (χ3n) is 3.86. The molecule has 1 N–H and O–H groups in total. The fourth-order valence-electron chi connectivity index (χ4n) is 2.27. The van der Waals surface area contributed by atoms with Gasteiger partial charge in [0.1, 0.15) is 0 Å². The standard InChI is InChI=1S/C14H18N2O3/c1-9(10-3-4-10)16(2)14(17)15-11-5-6-12-13(7-11)19-8-18-12/h5-7,9-10H,3-4,8H2,1-2H3,(H,15,17). The van der Waals surface area contributed by atoms with Gasteiger partial charge in [0, 0.05) is 24.8 Å². The lowest BCUT2D eigenvalue weighted by Gasteiger charge is -2.25. The van der Waals surface area contributed by atoms with Gasteiger partial charge in [-0.1, -0.05) is 0 Å². The molecule has 1 fully saturated rings. The van der Waals surface area contributed by atoms with Gasteiger partial charge < -0.3 is 19.7 Å². The first-order valence-corrected chi connectivity index (χ1v) is 6.58. The molecule has 1 unspecified atom stereocenters. The molecule has 1 aromatic carbocycles. The summed E-state index contributed by atoms with van der Waals surface area (Å²) in [4.78, 5) is 13.9. The molecule has 1 heterocycles. The van der Waals surface area contributed by atoms with E-state index in [1.54, 1.807) is 11.0 Å². The molecule has 0 spiro atoms. The number of ether oxygens (including phenoxy) is 2. The van der Waals surface area contributed by atoms with Gasteiger partial charge in [0.15, 0.2) is 11.5 Å². The Labute approximate surface area is 112 Å². The number of anilines is 1. The third-order valence-corrected chi connectivity index (χ3v) is 3.86. The lowest BCUT2D eigenvalue weighted by Crippen LogP contribution is -2.39. The number of urea groups is 1. The van der Waals surface area contributed by atoms with E-state index in [0.29, 0.717) is 11.7 Å². The van der Waals surface area contributed by atoms with Crippen molar-refractivity contribution in [3.05, 3.63) is 18.2 Å². The molecule has 19 heavy (non-hydrogen) atoms. The van der Waals surface area contributed by atoms with E-state index in [9.17, 15) is 4.79 Å². The Kier molecular flexibility index (Phi) is 2.97. The second kappa shape index (κ2) is 4.64. The van der Waals surface area contributed by atoms with Crippen LogP contribution in [0.1, 0.15) is 19.8 Å². The molecule has 1 aliphatic heterocycles. The molecular weight excluding hydrogens is 244 g/mol. The zero-order chi connectivity index (χ0) is 13.4.